The highest BCUT2D eigenvalue weighted by molar-refractivity contribution is 9.10. The molecule has 0 saturated heterocycles. The minimum absolute atomic E-state index is 0.191. The van der Waals surface area contributed by atoms with Crippen molar-refractivity contribution in [3.63, 3.8) is 0 Å². The van der Waals surface area contributed by atoms with E-state index in [1.807, 2.05) is 7.05 Å². The Kier molecular flexibility index (Phi) is 3.81. The summed E-state index contributed by atoms with van der Waals surface area (Å²) in [6, 6.07) is 13.2. The second kappa shape index (κ2) is 5.58. The van der Waals surface area contributed by atoms with E-state index in [2.05, 4.69) is 64.6 Å². The zero-order valence-electron chi connectivity index (χ0n) is 11.7. The average molecular weight is 332 g/mol. The summed E-state index contributed by atoms with van der Waals surface area (Å²) in [7, 11) is 2.00. The van der Waals surface area contributed by atoms with Crippen molar-refractivity contribution in [2.75, 3.05) is 13.7 Å². The lowest BCUT2D eigenvalue weighted by molar-refractivity contribution is 0.357. The van der Waals surface area contributed by atoms with Crippen molar-refractivity contribution in [3.05, 3.63) is 63.1 Å². The highest BCUT2D eigenvalue weighted by Crippen LogP contribution is 2.33. The Bertz CT molecular complexity index is 639. The Hall–Kier alpha value is -1.32. The summed E-state index contributed by atoms with van der Waals surface area (Å²) in [6.45, 7) is 2.91. The van der Waals surface area contributed by atoms with Crippen LogP contribution in [0.2, 0.25) is 0 Å². The molecule has 0 aromatic heterocycles. The Morgan fingerprint density at radius 3 is 2.80 bits per heavy atom. The minimum Gasteiger partial charge on any atom is -0.493 e. The number of halogens is 1. The third kappa shape index (κ3) is 2.48. The first-order valence-corrected chi connectivity index (χ1v) is 7.67. The molecule has 3 heteroatoms. The monoisotopic (exact) mass is 331 g/mol. The Labute approximate surface area is 128 Å². The zero-order valence-corrected chi connectivity index (χ0v) is 13.3. The van der Waals surface area contributed by atoms with Crippen LogP contribution in [0.3, 0.4) is 0 Å². The molecule has 0 fully saturated rings. The van der Waals surface area contributed by atoms with Gasteiger partial charge < -0.3 is 10.1 Å². The second-order valence-electron chi connectivity index (χ2n) is 5.21. The summed E-state index contributed by atoms with van der Waals surface area (Å²) in [5.74, 6) is 1.03. The highest BCUT2D eigenvalue weighted by Gasteiger charge is 2.18. The van der Waals surface area contributed by atoms with Gasteiger partial charge in [0.05, 0.1) is 12.6 Å². The molecule has 104 valence electrons. The van der Waals surface area contributed by atoms with Crippen LogP contribution >= 0.6 is 15.9 Å². The molecule has 1 heterocycles. The van der Waals surface area contributed by atoms with Gasteiger partial charge in [-0.25, -0.2) is 0 Å². The first kappa shape index (κ1) is 13.7. The van der Waals surface area contributed by atoms with Crippen LogP contribution in [0.25, 0.3) is 0 Å². The van der Waals surface area contributed by atoms with Crippen LogP contribution in [0.4, 0.5) is 0 Å². The van der Waals surface area contributed by atoms with Gasteiger partial charge >= 0.3 is 0 Å². The lowest BCUT2D eigenvalue weighted by atomic mass is 9.96. The molecule has 1 aliphatic heterocycles. The second-order valence-corrected chi connectivity index (χ2v) is 6.07. The van der Waals surface area contributed by atoms with Crippen LogP contribution in [-0.4, -0.2) is 13.7 Å². The van der Waals surface area contributed by atoms with Gasteiger partial charge in [0.1, 0.15) is 5.75 Å². The van der Waals surface area contributed by atoms with Gasteiger partial charge in [-0.1, -0.05) is 40.2 Å². The summed E-state index contributed by atoms with van der Waals surface area (Å²) in [5, 5.41) is 3.42. The van der Waals surface area contributed by atoms with Gasteiger partial charge in [-0.3, -0.25) is 0 Å². The number of hydrogen-bond donors (Lipinski definition) is 1. The van der Waals surface area contributed by atoms with Crippen molar-refractivity contribution < 1.29 is 4.74 Å². The van der Waals surface area contributed by atoms with Crippen LogP contribution in [0.15, 0.2) is 40.9 Å². The fraction of sp³-hybridized carbons (Fsp3) is 0.294. The third-order valence-electron chi connectivity index (χ3n) is 3.80. The van der Waals surface area contributed by atoms with Gasteiger partial charge in [0, 0.05) is 10.9 Å². The van der Waals surface area contributed by atoms with E-state index in [9.17, 15) is 0 Å². The molecular weight excluding hydrogens is 314 g/mol. The molecule has 0 bridgehead atoms. The largest absolute Gasteiger partial charge is 0.493 e. The van der Waals surface area contributed by atoms with E-state index >= 15 is 0 Å². The number of rotatable bonds is 3. The summed E-state index contributed by atoms with van der Waals surface area (Å²) in [6.07, 6.45) is 1.01. The van der Waals surface area contributed by atoms with Gasteiger partial charge in [-0.05, 0) is 48.4 Å². The molecule has 2 nitrogen and oxygen atoms in total. The highest BCUT2D eigenvalue weighted by atomic mass is 79.9. The Morgan fingerprint density at radius 1 is 1.20 bits per heavy atom. The van der Waals surface area contributed by atoms with Crippen molar-refractivity contribution >= 4 is 15.9 Å². The Balaban J connectivity index is 2.01. The van der Waals surface area contributed by atoms with Crippen LogP contribution in [0.5, 0.6) is 5.75 Å². The molecule has 3 rings (SSSR count). The smallest absolute Gasteiger partial charge is 0.122 e. The predicted octanol–water partition coefficient (Wildman–Crippen LogP) is 4.00. The van der Waals surface area contributed by atoms with Gasteiger partial charge in [0.25, 0.3) is 0 Å². The number of aryl methyl sites for hydroxylation is 1. The molecule has 1 unspecified atom stereocenters. The Morgan fingerprint density at radius 2 is 2.05 bits per heavy atom. The third-order valence-corrected chi connectivity index (χ3v) is 4.49. The number of benzene rings is 2. The van der Waals surface area contributed by atoms with E-state index in [1.54, 1.807) is 0 Å². The quantitative estimate of drug-likeness (QED) is 0.917. The molecule has 2 aromatic rings. The molecule has 0 amide bonds. The van der Waals surface area contributed by atoms with E-state index in [4.69, 9.17) is 4.74 Å². The lowest BCUT2D eigenvalue weighted by Gasteiger charge is -2.20. The van der Waals surface area contributed by atoms with E-state index in [0.29, 0.717) is 0 Å². The fourth-order valence-electron chi connectivity index (χ4n) is 2.75. The number of ether oxygens (including phenoxy) is 1. The number of fused-ring (bicyclic) bond motifs is 1. The molecule has 0 radical (unpaired) electrons. The van der Waals surface area contributed by atoms with Crippen molar-refractivity contribution in [3.8, 4) is 5.75 Å². The summed E-state index contributed by atoms with van der Waals surface area (Å²) in [5.41, 5.74) is 5.11. The van der Waals surface area contributed by atoms with Crippen LogP contribution in [0.1, 0.15) is 28.3 Å². The first-order valence-electron chi connectivity index (χ1n) is 6.88. The maximum atomic E-state index is 5.58. The topological polar surface area (TPSA) is 21.3 Å². The van der Waals surface area contributed by atoms with Gasteiger partial charge in [0.2, 0.25) is 0 Å². The maximum absolute atomic E-state index is 5.58. The molecule has 20 heavy (non-hydrogen) atoms. The van der Waals surface area contributed by atoms with E-state index in [-0.39, 0.29) is 6.04 Å². The van der Waals surface area contributed by atoms with E-state index in [0.717, 1.165) is 23.2 Å². The normalized spacial score (nSPS) is 14.8. The van der Waals surface area contributed by atoms with Crippen molar-refractivity contribution in [1.82, 2.24) is 5.32 Å². The van der Waals surface area contributed by atoms with Crippen LogP contribution < -0.4 is 10.1 Å². The van der Waals surface area contributed by atoms with Crippen molar-refractivity contribution in [2.45, 2.75) is 19.4 Å². The molecule has 1 N–H and O–H groups in total. The minimum atomic E-state index is 0.191. The maximum Gasteiger partial charge on any atom is 0.122 e. The molecule has 0 aliphatic carbocycles. The van der Waals surface area contributed by atoms with Crippen molar-refractivity contribution in [2.24, 2.45) is 0 Å². The number of hydrogen-bond acceptors (Lipinski definition) is 2. The van der Waals surface area contributed by atoms with Gasteiger partial charge in [0.15, 0.2) is 0 Å². The number of nitrogens with one attached hydrogen (secondary N) is 1. The zero-order chi connectivity index (χ0) is 14.1. The molecule has 0 spiro atoms. The van der Waals surface area contributed by atoms with Crippen LogP contribution in [-0.2, 0) is 6.42 Å². The van der Waals surface area contributed by atoms with E-state index in [1.165, 1.54) is 22.3 Å². The predicted molar refractivity (Wildman–Crippen MR) is 85.4 cm³/mol. The van der Waals surface area contributed by atoms with Gasteiger partial charge in [-0.2, -0.15) is 0 Å². The molecule has 0 saturated carbocycles. The standard InChI is InChI=1S/C17H18BrNO/c1-11-3-5-14(15(18)9-11)17(19-2)13-4-6-16-12(10-13)7-8-20-16/h3-6,9-10,17,19H,7-8H2,1-2H3. The fourth-order valence-corrected chi connectivity index (χ4v) is 3.48. The summed E-state index contributed by atoms with van der Waals surface area (Å²) in [4.78, 5) is 0. The first-order chi connectivity index (χ1) is 9.69. The molecular formula is C17H18BrNO. The van der Waals surface area contributed by atoms with E-state index < -0.39 is 0 Å². The molecule has 2 aromatic carbocycles. The SMILES string of the molecule is CNC(c1ccc2c(c1)CCO2)c1ccc(C)cc1Br. The van der Waals surface area contributed by atoms with Crippen LogP contribution in [0, 0.1) is 6.92 Å². The van der Waals surface area contributed by atoms with Gasteiger partial charge in [-0.15, -0.1) is 0 Å². The average Bonchev–Trinajstić information content (AvgIpc) is 2.89. The van der Waals surface area contributed by atoms with Crippen molar-refractivity contribution in [1.29, 1.82) is 0 Å². The molecule has 1 atom stereocenters. The summed E-state index contributed by atoms with van der Waals surface area (Å²) >= 11 is 3.68. The lowest BCUT2D eigenvalue weighted by Crippen LogP contribution is -2.18. The molecule has 1 aliphatic rings. The summed E-state index contributed by atoms with van der Waals surface area (Å²) < 4.78 is 6.73.